The monoisotopic (exact) mass is 307 g/mol. The van der Waals surface area contributed by atoms with Crippen LogP contribution in [0, 0.1) is 11.3 Å². The molecule has 0 radical (unpaired) electrons. The first-order valence-corrected chi connectivity index (χ1v) is 7.36. The first-order valence-electron chi connectivity index (χ1n) is 5.50. The third-order valence-electron chi connectivity index (χ3n) is 2.51. The number of hydrogen-bond donors (Lipinski definition) is 2. The molecule has 0 fully saturated rings. The third-order valence-corrected chi connectivity index (χ3v) is 4.19. The molecule has 102 valence electrons. The van der Waals surface area contributed by atoms with Crippen molar-refractivity contribution in [1.82, 2.24) is 0 Å². The molecule has 3 N–H and O–H groups in total. The van der Waals surface area contributed by atoms with Crippen molar-refractivity contribution in [2.45, 2.75) is 4.90 Å². The summed E-state index contributed by atoms with van der Waals surface area (Å²) in [5.41, 5.74) is 6.46. The summed E-state index contributed by atoms with van der Waals surface area (Å²) < 4.78 is 26.7. The minimum atomic E-state index is -3.78. The van der Waals surface area contributed by atoms with Crippen molar-refractivity contribution in [1.29, 1.82) is 5.26 Å². The van der Waals surface area contributed by atoms with E-state index in [4.69, 9.17) is 22.6 Å². The third kappa shape index (κ3) is 3.02. The molecule has 0 atom stereocenters. The predicted octanol–water partition coefficient (Wildman–Crippen LogP) is 2.59. The standard InChI is InChI=1S/C13H10ClN3O2S/c14-12-6-9(8-15)4-5-13(12)17-20(18,19)11-3-1-2-10(16)7-11/h1-7,17H,16H2. The van der Waals surface area contributed by atoms with Crippen LogP contribution in [0.25, 0.3) is 0 Å². The van der Waals surface area contributed by atoms with E-state index >= 15 is 0 Å². The Labute approximate surface area is 121 Å². The predicted molar refractivity (Wildman–Crippen MR) is 77.8 cm³/mol. The zero-order valence-corrected chi connectivity index (χ0v) is 11.7. The Balaban J connectivity index is 2.36. The largest absolute Gasteiger partial charge is 0.399 e. The number of hydrogen-bond acceptors (Lipinski definition) is 4. The summed E-state index contributed by atoms with van der Waals surface area (Å²) in [7, 11) is -3.78. The summed E-state index contributed by atoms with van der Waals surface area (Å²) in [6.45, 7) is 0. The number of rotatable bonds is 3. The van der Waals surface area contributed by atoms with Crippen LogP contribution in [0.3, 0.4) is 0 Å². The summed E-state index contributed by atoms with van der Waals surface area (Å²) >= 11 is 5.93. The van der Waals surface area contributed by atoms with Gasteiger partial charge < -0.3 is 5.73 Å². The van der Waals surface area contributed by atoms with Gasteiger partial charge in [0, 0.05) is 5.69 Å². The van der Waals surface area contributed by atoms with Crippen LogP contribution in [0.5, 0.6) is 0 Å². The van der Waals surface area contributed by atoms with Crippen molar-refractivity contribution in [3.8, 4) is 6.07 Å². The fourth-order valence-electron chi connectivity index (χ4n) is 1.55. The van der Waals surface area contributed by atoms with E-state index in [0.29, 0.717) is 11.3 Å². The van der Waals surface area contributed by atoms with Crippen LogP contribution in [0.2, 0.25) is 5.02 Å². The van der Waals surface area contributed by atoms with Gasteiger partial charge >= 0.3 is 0 Å². The Morgan fingerprint density at radius 1 is 1.20 bits per heavy atom. The van der Waals surface area contributed by atoms with Gasteiger partial charge in [-0.1, -0.05) is 17.7 Å². The van der Waals surface area contributed by atoms with E-state index in [1.54, 1.807) is 12.1 Å². The number of nitrogens with two attached hydrogens (primary N) is 1. The van der Waals surface area contributed by atoms with Crippen LogP contribution in [-0.2, 0) is 10.0 Å². The second-order valence-electron chi connectivity index (χ2n) is 3.98. The number of halogens is 1. The van der Waals surface area contributed by atoms with Crippen molar-refractivity contribution in [3.05, 3.63) is 53.1 Å². The molecule has 0 spiro atoms. The van der Waals surface area contributed by atoms with Crippen LogP contribution in [0.15, 0.2) is 47.4 Å². The van der Waals surface area contributed by atoms with Gasteiger partial charge in [0.25, 0.3) is 10.0 Å². The maximum absolute atomic E-state index is 12.2. The van der Waals surface area contributed by atoms with Crippen LogP contribution >= 0.6 is 11.6 Å². The van der Waals surface area contributed by atoms with E-state index < -0.39 is 10.0 Å². The topological polar surface area (TPSA) is 96.0 Å². The van der Waals surface area contributed by atoms with Gasteiger partial charge in [-0.15, -0.1) is 0 Å². The van der Waals surface area contributed by atoms with Gasteiger partial charge in [-0.3, -0.25) is 4.72 Å². The first kappa shape index (κ1) is 14.2. The lowest BCUT2D eigenvalue weighted by Gasteiger charge is -2.10. The summed E-state index contributed by atoms with van der Waals surface area (Å²) in [6, 6.07) is 12.1. The molecular weight excluding hydrogens is 298 g/mol. The average molecular weight is 308 g/mol. The van der Waals surface area contributed by atoms with Crippen molar-refractivity contribution >= 4 is 33.0 Å². The van der Waals surface area contributed by atoms with E-state index in [1.807, 2.05) is 6.07 Å². The minimum Gasteiger partial charge on any atom is -0.399 e. The molecule has 0 heterocycles. The highest BCUT2D eigenvalue weighted by atomic mass is 35.5. The number of benzene rings is 2. The fourth-order valence-corrected chi connectivity index (χ4v) is 2.97. The minimum absolute atomic E-state index is 0.0397. The van der Waals surface area contributed by atoms with E-state index in [0.717, 1.165) is 0 Å². The lowest BCUT2D eigenvalue weighted by molar-refractivity contribution is 0.601. The molecule has 0 aliphatic carbocycles. The highest BCUT2D eigenvalue weighted by Crippen LogP contribution is 2.26. The highest BCUT2D eigenvalue weighted by Gasteiger charge is 2.16. The SMILES string of the molecule is N#Cc1ccc(NS(=O)(=O)c2cccc(N)c2)c(Cl)c1. The van der Waals surface area contributed by atoms with Crippen molar-refractivity contribution < 1.29 is 8.42 Å². The second-order valence-corrected chi connectivity index (χ2v) is 6.07. The molecule has 2 aromatic carbocycles. The van der Waals surface area contributed by atoms with Gasteiger partial charge in [0.15, 0.2) is 0 Å². The van der Waals surface area contributed by atoms with Crippen LogP contribution in [-0.4, -0.2) is 8.42 Å². The van der Waals surface area contributed by atoms with Crippen molar-refractivity contribution in [3.63, 3.8) is 0 Å². The number of sulfonamides is 1. The van der Waals surface area contributed by atoms with Crippen LogP contribution < -0.4 is 10.5 Å². The van der Waals surface area contributed by atoms with E-state index in [1.165, 1.54) is 30.3 Å². The van der Waals surface area contributed by atoms with E-state index in [9.17, 15) is 8.42 Å². The molecule has 7 heteroatoms. The summed E-state index contributed by atoms with van der Waals surface area (Å²) in [4.78, 5) is 0.0397. The zero-order chi connectivity index (χ0) is 14.8. The lowest BCUT2D eigenvalue weighted by atomic mass is 10.2. The van der Waals surface area contributed by atoms with Gasteiger partial charge in [0.1, 0.15) is 0 Å². The molecule has 20 heavy (non-hydrogen) atoms. The number of nitriles is 1. The Morgan fingerprint density at radius 3 is 2.55 bits per heavy atom. The average Bonchev–Trinajstić information content (AvgIpc) is 2.41. The lowest BCUT2D eigenvalue weighted by Crippen LogP contribution is -2.13. The molecule has 0 aliphatic heterocycles. The maximum atomic E-state index is 12.2. The van der Waals surface area contributed by atoms with Gasteiger partial charge in [-0.25, -0.2) is 8.42 Å². The van der Waals surface area contributed by atoms with Crippen LogP contribution in [0.1, 0.15) is 5.56 Å². The molecule has 0 saturated heterocycles. The zero-order valence-electron chi connectivity index (χ0n) is 10.2. The van der Waals surface area contributed by atoms with Gasteiger partial charge in [0.2, 0.25) is 0 Å². The normalized spacial score (nSPS) is 10.8. The second kappa shape index (κ2) is 5.41. The quantitative estimate of drug-likeness (QED) is 0.852. The fraction of sp³-hybridized carbons (Fsp3) is 0. The number of nitrogen functional groups attached to an aromatic ring is 1. The smallest absolute Gasteiger partial charge is 0.262 e. The Morgan fingerprint density at radius 2 is 1.95 bits per heavy atom. The van der Waals surface area contributed by atoms with Crippen LogP contribution in [0.4, 0.5) is 11.4 Å². The van der Waals surface area contributed by atoms with E-state index in [-0.39, 0.29) is 15.6 Å². The Bertz CT molecular complexity index is 798. The highest BCUT2D eigenvalue weighted by molar-refractivity contribution is 7.92. The molecule has 2 aromatic rings. The van der Waals surface area contributed by atoms with E-state index in [2.05, 4.69) is 4.72 Å². The molecule has 0 aliphatic rings. The van der Waals surface area contributed by atoms with Gasteiger partial charge in [-0.05, 0) is 36.4 Å². The number of nitrogens with zero attached hydrogens (tertiary/aromatic N) is 1. The van der Waals surface area contributed by atoms with Gasteiger partial charge in [0.05, 0.1) is 27.2 Å². The first-order chi connectivity index (χ1) is 9.42. The number of nitrogens with one attached hydrogen (secondary N) is 1. The summed E-state index contributed by atoms with van der Waals surface area (Å²) in [5.74, 6) is 0. The molecule has 0 aromatic heterocycles. The molecule has 5 nitrogen and oxygen atoms in total. The Hall–Kier alpha value is -2.23. The Kier molecular flexibility index (Phi) is 3.84. The van der Waals surface area contributed by atoms with Crippen molar-refractivity contribution in [2.24, 2.45) is 0 Å². The molecule has 0 saturated carbocycles. The molecule has 0 unspecified atom stereocenters. The number of anilines is 2. The molecule has 2 rings (SSSR count). The van der Waals surface area contributed by atoms with Gasteiger partial charge in [-0.2, -0.15) is 5.26 Å². The summed E-state index contributed by atoms with van der Waals surface area (Å²) in [5, 5.41) is 8.88. The maximum Gasteiger partial charge on any atom is 0.262 e. The molecule has 0 amide bonds. The summed E-state index contributed by atoms with van der Waals surface area (Å²) in [6.07, 6.45) is 0. The molecule has 0 bridgehead atoms. The van der Waals surface area contributed by atoms with Crippen molar-refractivity contribution in [2.75, 3.05) is 10.5 Å². The molecular formula is C13H10ClN3O2S.